The summed E-state index contributed by atoms with van der Waals surface area (Å²) >= 11 is 5.49. The number of rotatable bonds is 3. The number of hydrogen-bond donors (Lipinski definition) is 1. The number of carbonyl (C=O) groups is 1. The number of amides is 1. The third-order valence-corrected chi connectivity index (χ3v) is 3.03. The normalized spacial score (nSPS) is 12.4. The predicted molar refractivity (Wildman–Crippen MR) is 71.2 cm³/mol. The minimum Gasteiger partial charge on any atom is -0.349 e. The molecule has 2 nitrogen and oxygen atoms in total. The lowest BCUT2D eigenvalue weighted by Crippen LogP contribution is -2.27. The Bertz CT molecular complexity index is 533. The molecule has 0 aliphatic carbocycles. The molecule has 0 saturated heterocycles. The van der Waals surface area contributed by atoms with E-state index < -0.39 is 0 Å². The predicted octanol–water partition coefficient (Wildman–Crippen LogP) is 3.26. The van der Waals surface area contributed by atoms with Crippen molar-refractivity contribution in [2.24, 2.45) is 0 Å². The molecule has 2 rings (SSSR count). The monoisotopic (exact) mass is 247 g/mol. The molecule has 0 saturated carbocycles. The van der Waals surface area contributed by atoms with Gasteiger partial charge >= 0.3 is 0 Å². The molecule has 2 aromatic carbocycles. The van der Waals surface area contributed by atoms with Crippen LogP contribution in [0, 0.1) is 0 Å². The van der Waals surface area contributed by atoms with E-state index in [1.807, 2.05) is 31.2 Å². The van der Waals surface area contributed by atoms with Crippen LogP contribution in [0.4, 0.5) is 0 Å². The van der Waals surface area contributed by atoms with E-state index in [1.54, 1.807) is 0 Å². The van der Waals surface area contributed by atoms with Gasteiger partial charge in [0.1, 0.15) is 5.88 Å². The van der Waals surface area contributed by atoms with Crippen molar-refractivity contribution in [3.8, 4) is 0 Å². The molecule has 0 spiro atoms. The van der Waals surface area contributed by atoms with Crippen molar-refractivity contribution >= 4 is 28.3 Å². The van der Waals surface area contributed by atoms with Gasteiger partial charge < -0.3 is 5.32 Å². The van der Waals surface area contributed by atoms with E-state index in [0.29, 0.717) is 0 Å². The Kier molecular flexibility index (Phi) is 3.64. The minimum atomic E-state index is -0.146. The highest BCUT2D eigenvalue weighted by Gasteiger charge is 2.10. The number of carbonyl (C=O) groups excluding carboxylic acids is 1. The van der Waals surface area contributed by atoms with E-state index in [0.717, 1.165) is 10.9 Å². The van der Waals surface area contributed by atoms with Crippen LogP contribution in [0.15, 0.2) is 42.5 Å². The molecule has 0 radical (unpaired) electrons. The molecule has 0 unspecified atom stereocenters. The molecule has 0 bridgehead atoms. The number of halogens is 1. The summed E-state index contributed by atoms with van der Waals surface area (Å²) < 4.78 is 0. The van der Waals surface area contributed by atoms with Gasteiger partial charge in [-0.05, 0) is 23.3 Å². The SMILES string of the molecule is C[C@H](NC(=O)CCl)c1cccc2ccccc12. The van der Waals surface area contributed by atoms with Gasteiger partial charge in [-0.15, -0.1) is 11.6 Å². The molecular weight excluding hydrogens is 234 g/mol. The maximum absolute atomic E-state index is 11.3. The Morgan fingerprint density at radius 2 is 1.94 bits per heavy atom. The lowest BCUT2D eigenvalue weighted by molar-refractivity contribution is -0.119. The van der Waals surface area contributed by atoms with Crippen LogP contribution < -0.4 is 5.32 Å². The van der Waals surface area contributed by atoms with Crippen LogP contribution in [-0.2, 0) is 4.79 Å². The van der Waals surface area contributed by atoms with Gasteiger partial charge in [0.05, 0.1) is 6.04 Å². The molecule has 0 heterocycles. The average molecular weight is 248 g/mol. The summed E-state index contributed by atoms with van der Waals surface area (Å²) in [6, 6.07) is 14.2. The number of benzene rings is 2. The van der Waals surface area contributed by atoms with Gasteiger partial charge in [0.25, 0.3) is 0 Å². The first kappa shape index (κ1) is 11.9. The van der Waals surface area contributed by atoms with Gasteiger partial charge in [-0.3, -0.25) is 4.79 Å². The highest BCUT2D eigenvalue weighted by atomic mass is 35.5. The second kappa shape index (κ2) is 5.19. The second-order valence-corrected chi connectivity index (χ2v) is 4.26. The van der Waals surface area contributed by atoms with E-state index in [2.05, 4.69) is 23.5 Å². The van der Waals surface area contributed by atoms with E-state index in [1.165, 1.54) is 5.39 Å². The lowest BCUT2D eigenvalue weighted by Gasteiger charge is -2.15. The Morgan fingerprint density at radius 3 is 2.71 bits per heavy atom. The number of nitrogens with one attached hydrogen (secondary N) is 1. The van der Waals surface area contributed by atoms with Crippen molar-refractivity contribution in [1.82, 2.24) is 5.32 Å². The average Bonchev–Trinajstić information content (AvgIpc) is 2.37. The van der Waals surface area contributed by atoms with Crippen LogP contribution in [0.5, 0.6) is 0 Å². The van der Waals surface area contributed by atoms with Crippen LogP contribution in [0.3, 0.4) is 0 Å². The van der Waals surface area contributed by atoms with E-state index in [-0.39, 0.29) is 17.8 Å². The zero-order valence-electron chi connectivity index (χ0n) is 9.61. The summed E-state index contributed by atoms with van der Waals surface area (Å²) in [6.45, 7) is 1.96. The third-order valence-electron chi connectivity index (χ3n) is 2.79. The Morgan fingerprint density at radius 1 is 1.24 bits per heavy atom. The summed E-state index contributed by atoms with van der Waals surface area (Å²) in [7, 11) is 0. The molecule has 0 aliphatic rings. The molecule has 3 heteroatoms. The first-order valence-corrected chi connectivity index (χ1v) is 6.09. The summed E-state index contributed by atoms with van der Waals surface area (Å²) in [5.41, 5.74) is 1.11. The molecule has 0 aliphatic heterocycles. The summed E-state index contributed by atoms with van der Waals surface area (Å²) in [6.07, 6.45) is 0. The first-order valence-electron chi connectivity index (χ1n) is 5.55. The van der Waals surface area contributed by atoms with Gasteiger partial charge in [0, 0.05) is 0 Å². The number of fused-ring (bicyclic) bond motifs is 1. The quantitative estimate of drug-likeness (QED) is 0.829. The largest absolute Gasteiger partial charge is 0.349 e. The highest BCUT2D eigenvalue weighted by Crippen LogP contribution is 2.23. The second-order valence-electron chi connectivity index (χ2n) is 3.99. The molecule has 17 heavy (non-hydrogen) atoms. The summed E-state index contributed by atoms with van der Waals surface area (Å²) in [4.78, 5) is 11.3. The van der Waals surface area contributed by atoms with Crippen LogP contribution in [0.2, 0.25) is 0 Å². The maximum Gasteiger partial charge on any atom is 0.235 e. The van der Waals surface area contributed by atoms with Gasteiger partial charge in [-0.2, -0.15) is 0 Å². The smallest absolute Gasteiger partial charge is 0.235 e. The number of hydrogen-bond acceptors (Lipinski definition) is 1. The van der Waals surface area contributed by atoms with Crippen molar-refractivity contribution in [3.05, 3.63) is 48.0 Å². The molecule has 1 amide bonds. The van der Waals surface area contributed by atoms with E-state index >= 15 is 0 Å². The van der Waals surface area contributed by atoms with Gasteiger partial charge in [0.2, 0.25) is 5.91 Å². The maximum atomic E-state index is 11.3. The molecule has 88 valence electrons. The van der Waals surface area contributed by atoms with Crippen LogP contribution in [-0.4, -0.2) is 11.8 Å². The lowest BCUT2D eigenvalue weighted by atomic mass is 10.00. The topological polar surface area (TPSA) is 29.1 Å². The zero-order chi connectivity index (χ0) is 12.3. The first-order chi connectivity index (χ1) is 8.22. The van der Waals surface area contributed by atoms with Crippen molar-refractivity contribution in [3.63, 3.8) is 0 Å². The Hall–Kier alpha value is -1.54. The highest BCUT2D eigenvalue weighted by molar-refractivity contribution is 6.27. The summed E-state index contributed by atoms with van der Waals surface area (Å²) in [5, 5.41) is 5.21. The van der Waals surface area contributed by atoms with Crippen molar-refractivity contribution in [2.75, 3.05) is 5.88 Å². The number of alkyl halides is 1. The third kappa shape index (κ3) is 2.59. The fourth-order valence-corrected chi connectivity index (χ4v) is 2.06. The fourth-order valence-electron chi connectivity index (χ4n) is 1.99. The van der Waals surface area contributed by atoms with Gasteiger partial charge in [-0.1, -0.05) is 42.5 Å². The standard InChI is InChI=1S/C14H14ClNO/c1-10(16-14(17)9-15)12-8-4-6-11-5-2-3-7-13(11)12/h2-8,10H,9H2,1H3,(H,16,17)/t10-/m0/s1. The molecular formula is C14H14ClNO. The molecule has 2 aromatic rings. The van der Waals surface area contributed by atoms with Crippen molar-refractivity contribution in [2.45, 2.75) is 13.0 Å². The summed E-state index contributed by atoms with van der Waals surface area (Å²) in [5.74, 6) is -0.151. The van der Waals surface area contributed by atoms with E-state index in [9.17, 15) is 4.79 Å². The van der Waals surface area contributed by atoms with Gasteiger partial charge in [-0.25, -0.2) is 0 Å². The van der Waals surface area contributed by atoms with Gasteiger partial charge in [0.15, 0.2) is 0 Å². The van der Waals surface area contributed by atoms with E-state index in [4.69, 9.17) is 11.6 Å². The Balaban J connectivity index is 2.38. The van der Waals surface area contributed by atoms with Crippen LogP contribution in [0.25, 0.3) is 10.8 Å². The Labute approximate surface area is 106 Å². The fraction of sp³-hybridized carbons (Fsp3) is 0.214. The molecule has 1 N–H and O–H groups in total. The van der Waals surface area contributed by atoms with Crippen molar-refractivity contribution in [1.29, 1.82) is 0 Å². The molecule has 1 atom stereocenters. The van der Waals surface area contributed by atoms with Crippen LogP contribution >= 0.6 is 11.6 Å². The van der Waals surface area contributed by atoms with Crippen molar-refractivity contribution < 1.29 is 4.79 Å². The minimum absolute atomic E-state index is 0.00486. The van der Waals surface area contributed by atoms with Crippen LogP contribution in [0.1, 0.15) is 18.5 Å². The zero-order valence-corrected chi connectivity index (χ0v) is 10.4. The molecule has 0 aromatic heterocycles. The molecule has 0 fully saturated rings.